The molecule has 1 unspecified atom stereocenters. The highest BCUT2D eigenvalue weighted by molar-refractivity contribution is 5.90. The van der Waals surface area contributed by atoms with Crippen molar-refractivity contribution in [1.29, 1.82) is 0 Å². The minimum atomic E-state index is -0.381. The van der Waals surface area contributed by atoms with Gasteiger partial charge < -0.3 is 20.5 Å². The monoisotopic (exact) mass is 265 g/mol. The lowest BCUT2D eigenvalue weighted by Crippen LogP contribution is -2.53. The lowest BCUT2D eigenvalue weighted by molar-refractivity contribution is -0.124. The molecule has 0 radical (unpaired) electrons. The molecule has 3 rings (SSSR count). The van der Waals surface area contributed by atoms with Crippen LogP contribution in [0.1, 0.15) is 29.4 Å². The average molecular weight is 265 g/mol. The van der Waals surface area contributed by atoms with Crippen molar-refractivity contribution < 1.29 is 14.1 Å². The SMILES string of the molecule is O=C(NC1CC1)c1noc(CC2NCCNC2=O)n1. The Morgan fingerprint density at radius 2 is 2.26 bits per heavy atom. The minimum absolute atomic E-state index is 0.0260. The van der Waals surface area contributed by atoms with Gasteiger partial charge in [0.25, 0.3) is 11.7 Å². The van der Waals surface area contributed by atoms with E-state index in [4.69, 9.17) is 4.52 Å². The van der Waals surface area contributed by atoms with E-state index in [9.17, 15) is 9.59 Å². The Kier molecular flexibility index (Phi) is 3.16. The van der Waals surface area contributed by atoms with Crippen LogP contribution in [-0.4, -0.2) is 47.1 Å². The second-order valence-corrected chi connectivity index (χ2v) is 4.76. The van der Waals surface area contributed by atoms with Crippen LogP contribution in [0.25, 0.3) is 0 Å². The first kappa shape index (κ1) is 12.1. The van der Waals surface area contributed by atoms with Crippen molar-refractivity contribution in [3.05, 3.63) is 11.7 Å². The number of nitrogens with one attached hydrogen (secondary N) is 3. The van der Waals surface area contributed by atoms with E-state index in [1.165, 1.54) is 0 Å². The predicted octanol–water partition coefficient (Wildman–Crippen LogP) is -1.41. The maximum atomic E-state index is 11.7. The first-order valence-electron chi connectivity index (χ1n) is 6.37. The van der Waals surface area contributed by atoms with Gasteiger partial charge in [0.15, 0.2) is 0 Å². The summed E-state index contributed by atoms with van der Waals surface area (Å²) in [6, 6.07) is -0.131. The van der Waals surface area contributed by atoms with Crippen molar-refractivity contribution in [2.24, 2.45) is 0 Å². The number of carbonyl (C=O) groups is 2. The summed E-state index contributed by atoms with van der Waals surface area (Å²) in [4.78, 5) is 27.2. The fourth-order valence-corrected chi connectivity index (χ4v) is 1.90. The normalized spacial score (nSPS) is 22.9. The van der Waals surface area contributed by atoms with Gasteiger partial charge in [-0.2, -0.15) is 4.98 Å². The van der Waals surface area contributed by atoms with E-state index in [1.54, 1.807) is 0 Å². The molecule has 2 fully saturated rings. The molecule has 1 aliphatic carbocycles. The van der Waals surface area contributed by atoms with Gasteiger partial charge in [-0.3, -0.25) is 9.59 Å². The summed E-state index contributed by atoms with van der Waals surface area (Å²) in [6.07, 6.45) is 2.29. The first-order valence-corrected chi connectivity index (χ1v) is 6.37. The third-order valence-electron chi connectivity index (χ3n) is 3.09. The van der Waals surface area contributed by atoms with E-state index in [0.717, 1.165) is 12.8 Å². The van der Waals surface area contributed by atoms with E-state index >= 15 is 0 Å². The molecule has 19 heavy (non-hydrogen) atoms. The third-order valence-corrected chi connectivity index (χ3v) is 3.09. The Bertz CT molecular complexity index is 496. The van der Waals surface area contributed by atoms with Crippen LogP contribution in [0.3, 0.4) is 0 Å². The Morgan fingerprint density at radius 1 is 1.42 bits per heavy atom. The number of carbonyl (C=O) groups excluding carboxylic acids is 2. The van der Waals surface area contributed by atoms with Gasteiger partial charge in [0.05, 0.1) is 12.5 Å². The zero-order chi connectivity index (χ0) is 13.2. The average Bonchev–Trinajstić information content (AvgIpc) is 3.08. The lowest BCUT2D eigenvalue weighted by atomic mass is 10.1. The molecule has 2 amide bonds. The van der Waals surface area contributed by atoms with Crippen LogP contribution in [0, 0.1) is 0 Å². The number of nitrogens with zero attached hydrogens (tertiary/aromatic N) is 2. The van der Waals surface area contributed by atoms with Crippen LogP contribution in [0.5, 0.6) is 0 Å². The van der Waals surface area contributed by atoms with E-state index in [1.807, 2.05) is 0 Å². The molecule has 0 spiro atoms. The molecule has 1 aliphatic heterocycles. The highest BCUT2D eigenvalue weighted by Gasteiger charge is 2.28. The Labute approximate surface area is 109 Å². The summed E-state index contributed by atoms with van der Waals surface area (Å²) >= 11 is 0. The maximum absolute atomic E-state index is 11.7. The lowest BCUT2D eigenvalue weighted by Gasteiger charge is -2.21. The molecular formula is C11H15N5O3. The quantitative estimate of drug-likeness (QED) is 0.617. The summed E-state index contributed by atoms with van der Waals surface area (Å²) in [5, 5.41) is 12.2. The largest absolute Gasteiger partial charge is 0.353 e. The highest BCUT2D eigenvalue weighted by atomic mass is 16.5. The molecule has 1 saturated heterocycles. The van der Waals surface area contributed by atoms with E-state index in [0.29, 0.717) is 13.1 Å². The number of hydrogen-bond donors (Lipinski definition) is 3. The number of hydrogen-bond acceptors (Lipinski definition) is 6. The summed E-state index contributed by atoms with van der Waals surface area (Å²) in [6.45, 7) is 1.33. The second kappa shape index (κ2) is 4.96. The molecule has 1 aromatic rings. The molecule has 8 heteroatoms. The third kappa shape index (κ3) is 2.90. The first-order chi connectivity index (χ1) is 9.22. The summed E-state index contributed by atoms with van der Waals surface area (Å²) in [7, 11) is 0. The molecule has 1 saturated carbocycles. The Hall–Kier alpha value is -1.96. The van der Waals surface area contributed by atoms with Crippen molar-refractivity contribution in [2.45, 2.75) is 31.3 Å². The highest BCUT2D eigenvalue weighted by Crippen LogP contribution is 2.18. The maximum Gasteiger partial charge on any atom is 0.292 e. The van der Waals surface area contributed by atoms with Crippen LogP contribution in [0.2, 0.25) is 0 Å². The minimum Gasteiger partial charge on any atom is -0.353 e. The van der Waals surface area contributed by atoms with Crippen LogP contribution in [-0.2, 0) is 11.2 Å². The fraction of sp³-hybridized carbons (Fsp3) is 0.636. The van der Waals surface area contributed by atoms with Gasteiger partial charge in [-0.15, -0.1) is 0 Å². The smallest absolute Gasteiger partial charge is 0.292 e. The van der Waals surface area contributed by atoms with Crippen molar-refractivity contribution in [1.82, 2.24) is 26.1 Å². The molecule has 2 heterocycles. The number of rotatable bonds is 4. The summed E-state index contributed by atoms with van der Waals surface area (Å²) < 4.78 is 5.00. The molecule has 102 valence electrons. The Morgan fingerprint density at radius 3 is 3.00 bits per heavy atom. The van der Waals surface area contributed by atoms with Crippen LogP contribution < -0.4 is 16.0 Å². The van der Waals surface area contributed by atoms with Gasteiger partial charge in [0, 0.05) is 19.1 Å². The van der Waals surface area contributed by atoms with Gasteiger partial charge in [-0.1, -0.05) is 5.16 Å². The molecule has 2 aliphatic rings. The predicted molar refractivity (Wildman–Crippen MR) is 63.3 cm³/mol. The van der Waals surface area contributed by atoms with Crippen molar-refractivity contribution >= 4 is 11.8 Å². The summed E-state index contributed by atoms with van der Waals surface area (Å²) in [5.41, 5.74) is 0. The van der Waals surface area contributed by atoms with Crippen molar-refractivity contribution in [3.63, 3.8) is 0 Å². The summed E-state index contributed by atoms with van der Waals surface area (Å²) in [5.74, 6) is -0.0967. The van der Waals surface area contributed by atoms with Gasteiger partial charge >= 0.3 is 0 Å². The van der Waals surface area contributed by atoms with Gasteiger partial charge in [-0.05, 0) is 12.8 Å². The van der Waals surface area contributed by atoms with Crippen LogP contribution in [0.15, 0.2) is 4.52 Å². The van der Waals surface area contributed by atoms with Crippen LogP contribution >= 0.6 is 0 Å². The molecular weight excluding hydrogens is 250 g/mol. The zero-order valence-electron chi connectivity index (χ0n) is 10.3. The zero-order valence-corrected chi connectivity index (χ0v) is 10.3. The molecule has 3 N–H and O–H groups in total. The fourth-order valence-electron chi connectivity index (χ4n) is 1.90. The molecule has 1 aromatic heterocycles. The molecule has 0 aromatic carbocycles. The second-order valence-electron chi connectivity index (χ2n) is 4.76. The van der Waals surface area contributed by atoms with Crippen LogP contribution in [0.4, 0.5) is 0 Å². The number of piperazine rings is 1. The molecule has 8 nitrogen and oxygen atoms in total. The van der Waals surface area contributed by atoms with E-state index in [-0.39, 0.29) is 42.0 Å². The number of aromatic nitrogens is 2. The Balaban J connectivity index is 1.60. The van der Waals surface area contributed by atoms with Crippen molar-refractivity contribution in [2.75, 3.05) is 13.1 Å². The van der Waals surface area contributed by atoms with Gasteiger partial charge in [0.1, 0.15) is 0 Å². The van der Waals surface area contributed by atoms with Gasteiger partial charge in [-0.25, -0.2) is 0 Å². The molecule has 1 atom stereocenters. The van der Waals surface area contributed by atoms with Gasteiger partial charge in [0.2, 0.25) is 11.8 Å². The standard InChI is InChI=1S/C11H15N5O3/c17-10-7(12-3-4-13-10)5-8-15-9(16-19-8)11(18)14-6-1-2-6/h6-7,12H,1-5H2,(H,13,17)(H,14,18). The van der Waals surface area contributed by atoms with Crippen molar-refractivity contribution in [3.8, 4) is 0 Å². The number of amides is 2. The topological polar surface area (TPSA) is 109 Å². The van der Waals surface area contributed by atoms with E-state index < -0.39 is 0 Å². The van der Waals surface area contributed by atoms with E-state index in [2.05, 4.69) is 26.1 Å². The molecule has 0 bridgehead atoms.